The minimum atomic E-state index is -0.284. The number of allylic oxidation sites excluding steroid dienone is 1. The molecule has 4 heteroatoms. The van der Waals surface area contributed by atoms with Crippen molar-refractivity contribution in [2.75, 3.05) is 6.61 Å². The van der Waals surface area contributed by atoms with Crippen molar-refractivity contribution < 1.29 is 13.9 Å². The molecule has 3 heterocycles. The van der Waals surface area contributed by atoms with Gasteiger partial charge in [-0.2, -0.15) is 0 Å². The van der Waals surface area contributed by atoms with Crippen molar-refractivity contribution in [3.8, 4) is 0 Å². The molecule has 4 nitrogen and oxygen atoms in total. The molecule has 0 radical (unpaired) electrons. The molecule has 0 atom stereocenters. The zero-order valence-corrected chi connectivity index (χ0v) is 12.2. The quantitative estimate of drug-likeness (QED) is 0.787. The minimum absolute atomic E-state index is 0.284. The summed E-state index contributed by atoms with van der Waals surface area (Å²) in [5.41, 5.74) is 3.26. The topological polar surface area (TPSA) is 42.7 Å². The molecule has 4 rings (SSSR count). The van der Waals surface area contributed by atoms with Gasteiger partial charge in [-0.15, -0.1) is 0 Å². The molecule has 2 aliphatic heterocycles. The van der Waals surface area contributed by atoms with Crippen LogP contribution in [0.3, 0.4) is 0 Å². The molecule has 0 unspecified atom stereocenters. The Kier molecular flexibility index (Phi) is 2.89. The highest BCUT2D eigenvalue weighted by atomic mass is 16.5. The summed E-state index contributed by atoms with van der Waals surface area (Å²) in [6, 6.07) is 7.90. The molecule has 0 bridgehead atoms. The summed E-state index contributed by atoms with van der Waals surface area (Å²) < 4.78 is 11.2. The van der Waals surface area contributed by atoms with Crippen molar-refractivity contribution in [3.63, 3.8) is 0 Å². The number of hydrogen-bond acceptors (Lipinski definition) is 4. The van der Waals surface area contributed by atoms with Crippen LogP contribution in [0.2, 0.25) is 0 Å². The highest BCUT2D eigenvalue weighted by Gasteiger charge is 2.30. The lowest BCUT2D eigenvalue weighted by atomic mass is 9.98. The van der Waals surface area contributed by atoms with E-state index >= 15 is 0 Å². The molecule has 0 amide bonds. The summed E-state index contributed by atoms with van der Waals surface area (Å²) in [7, 11) is 0. The average molecular weight is 293 g/mol. The van der Waals surface area contributed by atoms with Crippen LogP contribution in [0.25, 0.3) is 22.7 Å². The number of nitrogens with zero attached hydrogens (tertiary/aromatic N) is 1. The van der Waals surface area contributed by atoms with Gasteiger partial charge in [0.25, 0.3) is 0 Å². The number of carbonyl (C=O) groups excluding carboxylic acids is 1. The molecule has 0 N–H and O–H groups in total. The van der Waals surface area contributed by atoms with Crippen molar-refractivity contribution in [2.45, 2.75) is 13.3 Å². The Morgan fingerprint density at radius 2 is 2.18 bits per heavy atom. The van der Waals surface area contributed by atoms with Gasteiger partial charge in [-0.1, -0.05) is 24.3 Å². The van der Waals surface area contributed by atoms with Crippen LogP contribution in [0.5, 0.6) is 0 Å². The Morgan fingerprint density at radius 3 is 3.05 bits per heavy atom. The number of ether oxygens (including phenoxy) is 1. The smallest absolute Gasteiger partial charge is 0.336 e. The van der Waals surface area contributed by atoms with Crippen LogP contribution < -0.4 is 0 Å². The Labute approximate surface area is 128 Å². The lowest BCUT2D eigenvalue weighted by molar-refractivity contribution is -0.138. The van der Waals surface area contributed by atoms with E-state index in [2.05, 4.69) is 0 Å². The third-order valence-electron chi connectivity index (χ3n) is 3.90. The number of benzene rings is 1. The van der Waals surface area contributed by atoms with Crippen molar-refractivity contribution in [1.29, 1.82) is 0 Å². The Morgan fingerprint density at radius 1 is 1.32 bits per heavy atom. The third-order valence-corrected chi connectivity index (χ3v) is 3.90. The maximum Gasteiger partial charge on any atom is 0.336 e. The Bertz CT molecular complexity index is 854. The van der Waals surface area contributed by atoms with E-state index in [4.69, 9.17) is 9.15 Å². The Hall–Kier alpha value is -2.75. The van der Waals surface area contributed by atoms with E-state index in [1.165, 1.54) is 0 Å². The zero-order valence-electron chi connectivity index (χ0n) is 12.2. The summed E-state index contributed by atoms with van der Waals surface area (Å²) in [5, 5.41) is 1.05. The van der Waals surface area contributed by atoms with Crippen LogP contribution in [-0.4, -0.2) is 17.5 Å². The number of esters is 1. The van der Waals surface area contributed by atoms with Gasteiger partial charge in [-0.25, -0.2) is 4.79 Å². The average Bonchev–Trinajstić information content (AvgIpc) is 2.93. The number of carbonyl (C=O) groups is 1. The van der Waals surface area contributed by atoms with Crippen LogP contribution >= 0.6 is 0 Å². The number of furan rings is 1. The molecule has 2 aliphatic rings. The summed E-state index contributed by atoms with van der Waals surface area (Å²) in [6.45, 7) is 2.18. The summed E-state index contributed by atoms with van der Waals surface area (Å²) in [4.78, 5) is 14.2. The molecule has 0 aliphatic carbocycles. The van der Waals surface area contributed by atoms with Gasteiger partial charge in [-0.05, 0) is 19.1 Å². The second kappa shape index (κ2) is 4.91. The van der Waals surface area contributed by atoms with Crippen molar-refractivity contribution in [1.82, 2.24) is 4.90 Å². The normalized spacial score (nSPS) is 16.0. The van der Waals surface area contributed by atoms with E-state index in [0.717, 1.165) is 28.0 Å². The molecule has 1 aromatic carbocycles. The molecule has 1 aromatic heterocycles. The molecule has 22 heavy (non-hydrogen) atoms. The van der Waals surface area contributed by atoms with Crippen LogP contribution in [0.1, 0.15) is 24.7 Å². The highest BCUT2D eigenvalue weighted by molar-refractivity contribution is 6.02. The molecular weight excluding hydrogens is 278 g/mol. The second-order valence-corrected chi connectivity index (χ2v) is 5.20. The van der Waals surface area contributed by atoms with E-state index in [1.807, 2.05) is 60.6 Å². The highest BCUT2D eigenvalue weighted by Crippen LogP contribution is 2.40. The second-order valence-electron chi connectivity index (χ2n) is 5.20. The molecule has 110 valence electrons. The van der Waals surface area contributed by atoms with Gasteiger partial charge in [0, 0.05) is 29.8 Å². The first-order valence-corrected chi connectivity index (χ1v) is 7.35. The van der Waals surface area contributed by atoms with Crippen LogP contribution in [0.4, 0.5) is 0 Å². The lowest BCUT2D eigenvalue weighted by Crippen LogP contribution is -2.21. The predicted molar refractivity (Wildman–Crippen MR) is 84.4 cm³/mol. The molecule has 0 saturated heterocycles. The van der Waals surface area contributed by atoms with Crippen LogP contribution in [0, 0.1) is 0 Å². The van der Waals surface area contributed by atoms with Crippen molar-refractivity contribution in [3.05, 3.63) is 59.6 Å². The minimum Gasteiger partial charge on any atom is -0.463 e. The van der Waals surface area contributed by atoms with Crippen molar-refractivity contribution >= 4 is 28.7 Å². The molecular formula is C18H15NO3. The van der Waals surface area contributed by atoms with Gasteiger partial charge in [0.2, 0.25) is 0 Å². The number of rotatable bonds is 2. The van der Waals surface area contributed by atoms with Gasteiger partial charge in [-0.3, -0.25) is 0 Å². The fraction of sp³-hybridized carbons (Fsp3) is 0.167. The third kappa shape index (κ3) is 1.80. The number of fused-ring (bicyclic) bond motifs is 5. The van der Waals surface area contributed by atoms with Gasteiger partial charge < -0.3 is 14.1 Å². The molecule has 0 spiro atoms. The molecule has 0 saturated carbocycles. The van der Waals surface area contributed by atoms with Crippen LogP contribution in [0.15, 0.2) is 52.7 Å². The van der Waals surface area contributed by atoms with Gasteiger partial charge in [0.15, 0.2) is 5.76 Å². The van der Waals surface area contributed by atoms with E-state index in [0.29, 0.717) is 18.6 Å². The maximum atomic E-state index is 12.3. The fourth-order valence-electron chi connectivity index (χ4n) is 2.95. The van der Waals surface area contributed by atoms with E-state index < -0.39 is 0 Å². The maximum absolute atomic E-state index is 12.3. The van der Waals surface area contributed by atoms with Gasteiger partial charge in [0.05, 0.1) is 17.9 Å². The standard InChI is InChI=1S/C18H15NO3/c1-2-21-18(20)14-7-5-10-19-11-9-13-12-6-3-4-8-15(12)22-17(13)16(14)19/h3-6,8-11H,2,7H2,1H3. The Balaban J connectivity index is 1.96. The first kappa shape index (κ1) is 13.0. The summed E-state index contributed by atoms with van der Waals surface area (Å²) in [6.07, 6.45) is 8.42. The van der Waals surface area contributed by atoms with Gasteiger partial charge in [0.1, 0.15) is 5.58 Å². The number of hydrogen-bond donors (Lipinski definition) is 0. The number of para-hydroxylation sites is 1. The first-order valence-electron chi connectivity index (χ1n) is 7.35. The van der Waals surface area contributed by atoms with Crippen molar-refractivity contribution in [2.24, 2.45) is 0 Å². The predicted octanol–water partition coefficient (Wildman–Crippen LogP) is 3.91. The first-order chi connectivity index (χ1) is 10.8. The van der Waals surface area contributed by atoms with E-state index in [9.17, 15) is 4.79 Å². The van der Waals surface area contributed by atoms with Crippen LogP contribution in [-0.2, 0) is 9.53 Å². The van der Waals surface area contributed by atoms with Gasteiger partial charge >= 0.3 is 5.97 Å². The van der Waals surface area contributed by atoms with E-state index in [1.54, 1.807) is 0 Å². The molecule has 2 aromatic rings. The largest absolute Gasteiger partial charge is 0.463 e. The lowest BCUT2D eigenvalue weighted by Gasteiger charge is -2.27. The summed E-state index contributed by atoms with van der Waals surface area (Å²) >= 11 is 0. The molecule has 0 fully saturated rings. The van der Waals surface area contributed by atoms with E-state index in [-0.39, 0.29) is 5.97 Å². The monoisotopic (exact) mass is 293 g/mol. The SMILES string of the molecule is CCOC(=O)C1=C2c3oc4ccccc4c3C=CN2C=CC1. The fourth-order valence-corrected chi connectivity index (χ4v) is 2.95. The summed E-state index contributed by atoms with van der Waals surface area (Å²) in [5.74, 6) is 0.449. The zero-order chi connectivity index (χ0) is 15.1.